The van der Waals surface area contributed by atoms with Gasteiger partial charge in [0.2, 0.25) is 0 Å². The van der Waals surface area contributed by atoms with E-state index in [4.69, 9.17) is 0 Å². The number of nitrogens with one attached hydrogen (secondary N) is 1. The second-order valence-corrected chi connectivity index (χ2v) is 4.51. The molecule has 0 amide bonds. The molecule has 2 N–H and O–H groups in total. The Bertz CT molecular complexity index is 303. The molecule has 0 fully saturated rings. The van der Waals surface area contributed by atoms with Gasteiger partial charge in [0, 0.05) is 12.3 Å². The van der Waals surface area contributed by atoms with Crippen molar-refractivity contribution in [3.8, 4) is 0 Å². The fourth-order valence-electron chi connectivity index (χ4n) is 1.12. The van der Waals surface area contributed by atoms with E-state index in [0.29, 0.717) is 18.1 Å². The predicted molar refractivity (Wildman–Crippen MR) is 61.7 cm³/mol. The summed E-state index contributed by atoms with van der Waals surface area (Å²) in [6, 6.07) is 2.88. The molecule has 1 aromatic rings. The van der Waals surface area contributed by atoms with Crippen LogP contribution in [0.4, 0.5) is 10.2 Å². The zero-order valence-electron chi connectivity index (χ0n) is 8.83. The Labute approximate surface area is 93.1 Å². The minimum Gasteiger partial charge on any atom is -0.387 e. The summed E-state index contributed by atoms with van der Waals surface area (Å²) in [5.74, 6) is 0.843. The summed E-state index contributed by atoms with van der Waals surface area (Å²) in [5.41, 5.74) is -0.782. The Morgan fingerprint density at radius 1 is 1.60 bits per heavy atom. The van der Waals surface area contributed by atoms with E-state index in [1.54, 1.807) is 24.8 Å². The third-order valence-electron chi connectivity index (χ3n) is 1.83. The summed E-state index contributed by atoms with van der Waals surface area (Å²) in [6.07, 6.45) is 3.08. The van der Waals surface area contributed by atoms with Gasteiger partial charge in [-0.05, 0) is 25.3 Å². The molecule has 0 spiro atoms. The first kappa shape index (κ1) is 12.3. The summed E-state index contributed by atoms with van der Waals surface area (Å²) in [4.78, 5) is 3.84. The fraction of sp³-hybridized carbons (Fsp3) is 0.500. The Hall–Kier alpha value is -0.810. The standard InChI is InChI=1S/C10H15FN2OS/c1-10(14,7-15-2)6-13-9-4-3-8(11)5-12-9/h3-5,14H,6-7H2,1-2H3,(H,12,13). The summed E-state index contributed by atoms with van der Waals surface area (Å²) < 4.78 is 12.5. The smallest absolute Gasteiger partial charge is 0.141 e. The molecule has 1 aromatic heterocycles. The normalized spacial score (nSPS) is 14.7. The predicted octanol–water partition coefficient (Wildman–Crippen LogP) is 1.75. The van der Waals surface area contributed by atoms with Crippen molar-refractivity contribution in [2.45, 2.75) is 12.5 Å². The lowest BCUT2D eigenvalue weighted by atomic mass is 10.1. The monoisotopic (exact) mass is 230 g/mol. The molecule has 1 atom stereocenters. The average molecular weight is 230 g/mol. The van der Waals surface area contributed by atoms with Crippen LogP contribution in [0, 0.1) is 5.82 Å². The third-order valence-corrected chi connectivity index (χ3v) is 2.74. The van der Waals surface area contributed by atoms with Crippen LogP contribution >= 0.6 is 11.8 Å². The van der Waals surface area contributed by atoms with Crippen LogP contribution in [0.2, 0.25) is 0 Å². The van der Waals surface area contributed by atoms with Gasteiger partial charge < -0.3 is 10.4 Å². The van der Waals surface area contributed by atoms with Gasteiger partial charge in [0.15, 0.2) is 0 Å². The Morgan fingerprint density at radius 2 is 2.33 bits per heavy atom. The van der Waals surface area contributed by atoms with Crippen LogP contribution in [0.5, 0.6) is 0 Å². The quantitative estimate of drug-likeness (QED) is 0.809. The molecule has 0 radical (unpaired) electrons. The Morgan fingerprint density at radius 3 is 2.87 bits per heavy atom. The number of anilines is 1. The van der Waals surface area contributed by atoms with Gasteiger partial charge >= 0.3 is 0 Å². The molecule has 15 heavy (non-hydrogen) atoms. The van der Waals surface area contributed by atoms with Crippen molar-refractivity contribution < 1.29 is 9.50 Å². The van der Waals surface area contributed by atoms with Crippen molar-refractivity contribution in [3.05, 3.63) is 24.1 Å². The number of pyridine rings is 1. The topological polar surface area (TPSA) is 45.1 Å². The van der Waals surface area contributed by atoms with Crippen molar-refractivity contribution in [1.82, 2.24) is 4.98 Å². The molecule has 84 valence electrons. The molecular formula is C10H15FN2OS. The molecule has 5 heteroatoms. The van der Waals surface area contributed by atoms with Gasteiger partial charge in [-0.2, -0.15) is 11.8 Å². The number of aromatic nitrogens is 1. The number of hydrogen-bond donors (Lipinski definition) is 2. The first-order chi connectivity index (χ1) is 7.03. The van der Waals surface area contributed by atoms with Crippen LogP contribution in [0.1, 0.15) is 6.92 Å². The molecule has 0 aromatic carbocycles. The molecular weight excluding hydrogens is 215 g/mol. The Balaban J connectivity index is 2.46. The molecule has 3 nitrogen and oxygen atoms in total. The molecule has 0 saturated heterocycles. The molecule has 1 heterocycles. The summed E-state index contributed by atoms with van der Waals surface area (Å²) >= 11 is 1.58. The van der Waals surface area contributed by atoms with E-state index >= 15 is 0 Å². The summed E-state index contributed by atoms with van der Waals surface area (Å²) in [5, 5.41) is 12.8. The second kappa shape index (κ2) is 5.32. The lowest BCUT2D eigenvalue weighted by Gasteiger charge is -2.22. The zero-order valence-corrected chi connectivity index (χ0v) is 9.64. The maximum atomic E-state index is 12.5. The third kappa shape index (κ3) is 4.48. The van der Waals surface area contributed by atoms with Crippen LogP contribution in [0.3, 0.4) is 0 Å². The summed E-state index contributed by atoms with van der Waals surface area (Å²) in [7, 11) is 0. The van der Waals surface area contributed by atoms with E-state index in [1.807, 2.05) is 6.26 Å². The number of nitrogens with zero attached hydrogens (tertiary/aromatic N) is 1. The number of rotatable bonds is 5. The van der Waals surface area contributed by atoms with E-state index in [9.17, 15) is 9.50 Å². The van der Waals surface area contributed by atoms with E-state index in [-0.39, 0.29) is 5.82 Å². The highest BCUT2D eigenvalue weighted by Gasteiger charge is 2.19. The minimum absolute atomic E-state index is 0.364. The van der Waals surface area contributed by atoms with Crippen LogP contribution in [-0.4, -0.2) is 34.2 Å². The number of halogens is 1. The molecule has 0 aliphatic carbocycles. The number of thioether (sulfide) groups is 1. The maximum absolute atomic E-state index is 12.5. The first-order valence-corrected chi connectivity index (χ1v) is 6.00. The van der Waals surface area contributed by atoms with Crippen molar-refractivity contribution in [2.24, 2.45) is 0 Å². The molecule has 0 aliphatic heterocycles. The van der Waals surface area contributed by atoms with Crippen LogP contribution in [0.25, 0.3) is 0 Å². The van der Waals surface area contributed by atoms with Crippen molar-refractivity contribution in [2.75, 3.05) is 23.9 Å². The van der Waals surface area contributed by atoms with Gasteiger partial charge in [0.05, 0.1) is 11.8 Å². The van der Waals surface area contributed by atoms with Gasteiger partial charge in [-0.1, -0.05) is 0 Å². The van der Waals surface area contributed by atoms with Gasteiger partial charge in [0.25, 0.3) is 0 Å². The van der Waals surface area contributed by atoms with E-state index in [1.165, 1.54) is 6.07 Å². The SMILES string of the molecule is CSCC(C)(O)CNc1ccc(F)cn1. The number of aliphatic hydroxyl groups is 1. The largest absolute Gasteiger partial charge is 0.387 e. The highest BCUT2D eigenvalue weighted by atomic mass is 32.2. The first-order valence-electron chi connectivity index (χ1n) is 4.60. The van der Waals surface area contributed by atoms with Gasteiger partial charge in [-0.25, -0.2) is 9.37 Å². The van der Waals surface area contributed by atoms with Crippen molar-refractivity contribution >= 4 is 17.6 Å². The molecule has 0 saturated carbocycles. The van der Waals surface area contributed by atoms with Crippen molar-refractivity contribution in [3.63, 3.8) is 0 Å². The zero-order chi connectivity index (χ0) is 11.3. The van der Waals surface area contributed by atoms with Crippen LogP contribution in [-0.2, 0) is 0 Å². The summed E-state index contributed by atoms with van der Waals surface area (Å²) in [6.45, 7) is 2.15. The second-order valence-electron chi connectivity index (χ2n) is 3.65. The minimum atomic E-state index is -0.782. The van der Waals surface area contributed by atoms with E-state index < -0.39 is 5.60 Å². The van der Waals surface area contributed by atoms with E-state index in [2.05, 4.69) is 10.3 Å². The van der Waals surface area contributed by atoms with Crippen LogP contribution in [0.15, 0.2) is 18.3 Å². The van der Waals surface area contributed by atoms with Gasteiger partial charge in [0.1, 0.15) is 11.6 Å². The molecule has 1 unspecified atom stereocenters. The highest BCUT2D eigenvalue weighted by Crippen LogP contribution is 2.12. The van der Waals surface area contributed by atoms with Gasteiger partial charge in [-0.3, -0.25) is 0 Å². The average Bonchev–Trinajstić information content (AvgIpc) is 2.17. The molecule has 1 rings (SSSR count). The Kier molecular flexibility index (Phi) is 4.35. The molecule has 0 aliphatic rings. The maximum Gasteiger partial charge on any atom is 0.141 e. The fourth-order valence-corrected chi connectivity index (χ4v) is 1.85. The lowest BCUT2D eigenvalue weighted by molar-refractivity contribution is 0.0996. The highest BCUT2D eigenvalue weighted by molar-refractivity contribution is 7.98. The van der Waals surface area contributed by atoms with E-state index in [0.717, 1.165) is 6.20 Å². The van der Waals surface area contributed by atoms with Crippen molar-refractivity contribution in [1.29, 1.82) is 0 Å². The lowest BCUT2D eigenvalue weighted by Crippen LogP contribution is -2.36. The number of hydrogen-bond acceptors (Lipinski definition) is 4. The van der Waals surface area contributed by atoms with Crippen LogP contribution < -0.4 is 5.32 Å². The molecule has 0 bridgehead atoms. The van der Waals surface area contributed by atoms with Gasteiger partial charge in [-0.15, -0.1) is 0 Å².